The molecule has 3 rings (SSSR count). The molecule has 108 valence electrons. The average Bonchev–Trinajstić information content (AvgIpc) is 2.56. The Balaban J connectivity index is 1.61. The lowest BCUT2D eigenvalue weighted by Gasteiger charge is -2.14. The number of phenols is 1. The van der Waals surface area contributed by atoms with E-state index in [1.165, 1.54) is 11.1 Å². The third kappa shape index (κ3) is 3.64. The molecule has 2 aromatic rings. The van der Waals surface area contributed by atoms with Gasteiger partial charge in [0.25, 0.3) is 0 Å². The Morgan fingerprint density at radius 2 is 1.76 bits per heavy atom. The number of hydrogen-bond donors (Lipinski definition) is 2. The van der Waals surface area contributed by atoms with Crippen molar-refractivity contribution >= 4 is 5.57 Å². The van der Waals surface area contributed by atoms with E-state index in [1.54, 1.807) is 12.1 Å². The monoisotopic (exact) mass is 281 g/mol. The second-order valence-electron chi connectivity index (χ2n) is 5.16. The minimum Gasteiger partial charge on any atom is -0.508 e. The van der Waals surface area contributed by atoms with Gasteiger partial charge in [0.1, 0.15) is 18.1 Å². The van der Waals surface area contributed by atoms with E-state index >= 15 is 0 Å². The van der Waals surface area contributed by atoms with Crippen LogP contribution < -0.4 is 10.1 Å². The van der Waals surface area contributed by atoms with Crippen LogP contribution in [0, 0.1) is 0 Å². The van der Waals surface area contributed by atoms with Crippen molar-refractivity contribution in [3.63, 3.8) is 0 Å². The number of benzene rings is 2. The van der Waals surface area contributed by atoms with Crippen molar-refractivity contribution in [2.45, 2.75) is 13.0 Å². The van der Waals surface area contributed by atoms with Gasteiger partial charge in [-0.1, -0.05) is 30.3 Å². The summed E-state index contributed by atoms with van der Waals surface area (Å²) >= 11 is 0. The van der Waals surface area contributed by atoms with Crippen LogP contribution in [0.3, 0.4) is 0 Å². The number of aromatic hydroxyl groups is 1. The van der Waals surface area contributed by atoms with Crippen molar-refractivity contribution in [1.29, 1.82) is 0 Å². The third-order valence-electron chi connectivity index (χ3n) is 3.63. The zero-order chi connectivity index (χ0) is 14.5. The van der Waals surface area contributed by atoms with Gasteiger partial charge in [-0.2, -0.15) is 0 Å². The van der Waals surface area contributed by atoms with Gasteiger partial charge < -0.3 is 15.2 Å². The molecule has 2 N–H and O–H groups in total. The molecule has 0 atom stereocenters. The van der Waals surface area contributed by atoms with Gasteiger partial charge in [-0.05, 0) is 53.9 Å². The van der Waals surface area contributed by atoms with Crippen molar-refractivity contribution in [3.8, 4) is 11.5 Å². The summed E-state index contributed by atoms with van der Waals surface area (Å²) in [5.74, 6) is 1.14. The molecule has 0 bridgehead atoms. The number of rotatable bonds is 4. The van der Waals surface area contributed by atoms with Crippen molar-refractivity contribution < 1.29 is 9.84 Å². The topological polar surface area (TPSA) is 41.5 Å². The van der Waals surface area contributed by atoms with Crippen LogP contribution in [0.4, 0.5) is 0 Å². The molecule has 1 aliphatic rings. The fourth-order valence-electron chi connectivity index (χ4n) is 2.41. The highest BCUT2D eigenvalue weighted by atomic mass is 16.5. The molecule has 3 heteroatoms. The number of ether oxygens (including phenoxy) is 1. The van der Waals surface area contributed by atoms with E-state index in [0.717, 1.165) is 30.8 Å². The Kier molecular flexibility index (Phi) is 4.22. The molecule has 1 heterocycles. The summed E-state index contributed by atoms with van der Waals surface area (Å²) in [5.41, 5.74) is 3.71. The predicted octanol–water partition coefficient (Wildman–Crippen LogP) is 3.35. The van der Waals surface area contributed by atoms with Crippen molar-refractivity contribution in [2.24, 2.45) is 0 Å². The maximum atomic E-state index is 9.25. The fourth-order valence-corrected chi connectivity index (χ4v) is 2.41. The SMILES string of the molecule is Oc1ccc(COc2ccc(C3=CCNCC3)cc2)cc1. The van der Waals surface area contributed by atoms with Crippen molar-refractivity contribution in [1.82, 2.24) is 5.32 Å². The first-order valence-electron chi connectivity index (χ1n) is 7.22. The van der Waals surface area contributed by atoms with Crippen LogP contribution in [-0.4, -0.2) is 18.2 Å². The smallest absolute Gasteiger partial charge is 0.119 e. The first-order valence-corrected chi connectivity index (χ1v) is 7.22. The summed E-state index contributed by atoms with van der Waals surface area (Å²) in [5, 5.41) is 12.6. The van der Waals surface area contributed by atoms with E-state index in [4.69, 9.17) is 4.74 Å². The number of phenolic OH excluding ortho intramolecular Hbond substituents is 1. The zero-order valence-electron chi connectivity index (χ0n) is 11.9. The van der Waals surface area contributed by atoms with E-state index in [9.17, 15) is 5.11 Å². The summed E-state index contributed by atoms with van der Waals surface area (Å²) < 4.78 is 5.76. The third-order valence-corrected chi connectivity index (χ3v) is 3.63. The van der Waals surface area contributed by atoms with E-state index in [-0.39, 0.29) is 5.75 Å². The van der Waals surface area contributed by atoms with Crippen molar-refractivity contribution in [3.05, 3.63) is 65.7 Å². The van der Waals surface area contributed by atoms with Gasteiger partial charge >= 0.3 is 0 Å². The molecule has 0 spiro atoms. The molecule has 0 aliphatic carbocycles. The molecule has 3 nitrogen and oxygen atoms in total. The van der Waals surface area contributed by atoms with E-state index < -0.39 is 0 Å². The van der Waals surface area contributed by atoms with E-state index in [2.05, 4.69) is 23.5 Å². The predicted molar refractivity (Wildman–Crippen MR) is 84.3 cm³/mol. The van der Waals surface area contributed by atoms with Gasteiger partial charge in [-0.25, -0.2) is 0 Å². The average molecular weight is 281 g/mol. The molecule has 0 aromatic heterocycles. The van der Waals surface area contributed by atoms with Gasteiger partial charge in [0.15, 0.2) is 0 Å². The lowest BCUT2D eigenvalue weighted by Crippen LogP contribution is -2.19. The summed E-state index contributed by atoms with van der Waals surface area (Å²) in [6, 6.07) is 15.3. The molecular formula is C18H19NO2. The Bertz CT molecular complexity index is 615. The maximum Gasteiger partial charge on any atom is 0.119 e. The first-order chi connectivity index (χ1) is 10.3. The lowest BCUT2D eigenvalue weighted by molar-refractivity contribution is 0.306. The highest BCUT2D eigenvalue weighted by Gasteiger charge is 2.05. The highest BCUT2D eigenvalue weighted by molar-refractivity contribution is 5.67. The van der Waals surface area contributed by atoms with Crippen LogP contribution in [0.25, 0.3) is 5.57 Å². The minimum absolute atomic E-state index is 0.276. The summed E-state index contributed by atoms with van der Waals surface area (Å²) in [4.78, 5) is 0. The molecule has 0 saturated carbocycles. The Morgan fingerprint density at radius 3 is 2.43 bits per heavy atom. The normalized spacial score (nSPS) is 14.6. The summed E-state index contributed by atoms with van der Waals surface area (Å²) in [6.07, 6.45) is 3.32. The van der Waals surface area contributed by atoms with Gasteiger partial charge in [0.05, 0.1) is 0 Å². The maximum absolute atomic E-state index is 9.25. The molecule has 0 saturated heterocycles. The molecule has 0 radical (unpaired) electrons. The number of hydrogen-bond acceptors (Lipinski definition) is 3. The van der Waals surface area contributed by atoms with Crippen LogP contribution >= 0.6 is 0 Å². The molecule has 2 aromatic carbocycles. The molecular weight excluding hydrogens is 262 g/mol. The zero-order valence-corrected chi connectivity index (χ0v) is 11.9. The molecule has 0 fully saturated rings. The van der Waals surface area contributed by atoms with Crippen LogP contribution in [0.5, 0.6) is 11.5 Å². The largest absolute Gasteiger partial charge is 0.508 e. The van der Waals surface area contributed by atoms with Gasteiger partial charge in [0, 0.05) is 6.54 Å². The second kappa shape index (κ2) is 6.46. The van der Waals surface area contributed by atoms with E-state index in [1.807, 2.05) is 24.3 Å². The van der Waals surface area contributed by atoms with E-state index in [0.29, 0.717) is 6.61 Å². The Labute approximate surface area is 124 Å². The first kappa shape index (κ1) is 13.7. The molecule has 0 amide bonds. The summed E-state index contributed by atoms with van der Waals surface area (Å²) in [7, 11) is 0. The Morgan fingerprint density at radius 1 is 1.00 bits per heavy atom. The number of nitrogens with one attached hydrogen (secondary N) is 1. The van der Waals surface area contributed by atoms with Gasteiger partial charge in [-0.3, -0.25) is 0 Å². The van der Waals surface area contributed by atoms with Gasteiger partial charge in [0.2, 0.25) is 0 Å². The summed E-state index contributed by atoms with van der Waals surface area (Å²) in [6.45, 7) is 2.51. The second-order valence-corrected chi connectivity index (χ2v) is 5.16. The quantitative estimate of drug-likeness (QED) is 0.903. The fraction of sp³-hybridized carbons (Fsp3) is 0.222. The highest BCUT2D eigenvalue weighted by Crippen LogP contribution is 2.23. The van der Waals surface area contributed by atoms with Crippen LogP contribution in [0.2, 0.25) is 0 Å². The molecule has 21 heavy (non-hydrogen) atoms. The van der Waals surface area contributed by atoms with Crippen LogP contribution in [0.1, 0.15) is 17.5 Å². The minimum atomic E-state index is 0.276. The Hall–Kier alpha value is -2.26. The molecule has 1 aliphatic heterocycles. The standard InChI is InChI=1S/C18H19NO2/c20-17-5-1-14(2-6-17)13-21-18-7-3-15(4-8-18)16-9-11-19-12-10-16/h1-9,19-20H,10-13H2. The van der Waals surface area contributed by atoms with Crippen LogP contribution in [0.15, 0.2) is 54.6 Å². The van der Waals surface area contributed by atoms with Crippen molar-refractivity contribution in [2.75, 3.05) is 13.1 Å². The molecule has 0 unspecified atom stereocenters. The lowest BCUT2D eigenvalue weighted by atomic mass is 10.0. The van der Waals surface area contributed by atoms with Crippen LogP contribution in [-0.2, 0) is 6.61 Å². The van der Waals surface area contributed by atoms with Gasteiger partial charge in [-0.15, -0.1) is 0 Å².